The largest absolute Gasteiger partial charge is 0.366 e. The van der Waals surface area contributed by atoms with Crippen molar-refractivity contribution >= 4 is 6.21 Å². The van der Waals surface area contributed by atoms with Gasteiger partial charge < -0.3 is 9.84 Å². The van der Waals surface area contributed by atoms with Gasteiger partial charge in [0.15, 0.2) is 6.29 Å². The molecule has 0 radical (unpaired) electrons. The predicted molar refractivity (Wildman–Crippen MR) is 73.4 cm³/mol. The molecule has 0 aliphatic heterocycles. The summed E-state index contributed by atoms with van der Waals surface area (Å²) in [5.41, 5.74) is 0.0880. The van der Waals surface area contributed by atoms with Crippen molar-refractivity contribution in [3.63, 3.8) is 0 Å². The molecule has 0 bridgehead atoms. The first kappa shape index (κ1) is 16.3. The van der Waals surface area contributed by atoms with E-state index in [2.05, 4.69) is 25.4 Å². The van der Waals surface area contributed by atoms with E-state index in [-0.39, 0.29) is 11.5 Å². The summed E-state index contributed by atoms with van der Waals surface area (Å²) < 4.78 is 4.84. The summed E-state index contributed by atoms with van der Waals surface area (Å²) in [5, 5.41) is 9.48. The normalized spacial score (nSPS) is 18.9. The van der Waals surface area contributed by atoms with Crippen LogP contribution in [0.5, 0.6) is 0 Å². The molecule has 0 heterocycles. The van der Waals surface area contributed by atoms with E-state index in [0.717, 1.165) is 25.7 Å². The molecule has 0 fully saturated rings. The van der Waals surface area contributed by atoms with Gasteiger partial charge in [0.1, 0.15) is 0 Å². The summed E-state index contributed by atoms with van der Waals surface area (Å²) in [5.74, 6) is 0. The molecule has 17 heavy (non-hydrogen) atoms. The zero-order valence-corrected chi connectivity index (χ0v) is 11.6. The minimum absolute atomic E-state index is 0.0880. The number of ether oxygens (including phenoxy) is 1. The van der Waals surface area contributed by atoms with E-state index in [1.54, 1.807) is 0 Å². The van der Waals surface area contributed by atoms with Crippen LogP contribution >= 0.6 is 0 Å². The molecule has 2 unspecified atom stereocenters. The SMILES string of the molecule is C=CCCC(C)(C=N[C@@H](C)C(O)OC)CCC. The lowest BCUT2D eigenvalue weighted by Crippen LogP contribution is -2.25. The smallest absolute Gasteiger partial charge is 0.176 e. The van der Waals surface area contributed by atoms with Crippen molar-refractivity contribution in [3.8, 4) is 0 Å². The van der Waals surface area contributed by atoms with Crippen LogP contribution in [-0.2, 0) is 4.74 Å². The van der Waals surface area contributed by atoms with Gasteiger partial charge in [0.05, 0.1) is 6.04 Å². The Labute approximate surface area is 106 Å². The second kappa shape index (κ2) is 8.43. The molecular formula is C14H27NO2. The van der Waals surface area contributed by atoms with Gasteiger partial charge in [-0.1, -0.05) is 26.3 Å². The van der Waals surface area contributed by atoms with Gasteiger partial charge in [-0.15, -0.1) is 6.58 Å². The van der Waals surface area contributed by atoms with E-state index < -0.39 is 6.29 Å². The van der Waals surface area contributed by atoms with Crippen molar-refractivity contribution in [2.75, 3.05) is 7.11 Å². The standard InChI is InChI=1S/C14H27NO2/c1-6-8-10-14(4,9-7-2)11-15-12(3)13(16)17-5/h6,11-13,16H,1,7-10H2,2-5H3/t12-,13?,14?/m0/s1. The third kappa shape index (κ3) is 6.59. The van der Waals surface area contributed by atoms with Crippen LogP contribution in [0.2, 0.25) is 0 Å². The lowest BCUT2D eigenvalue weighted by molar-refractivity contribution is -0.0851. The van der Waals surface area contributed by atoms with Gasteiger partial charge in [-0.2, -0.15) is 0 Å². The molecule has 0 spiro atoms. The number of allylic oxidation sites excluding steroid dienone is 1. The first-order valence-electron chi connectivity index (χ1n) is 6.35. The zero-order valence-electron chi connectivity index (χ0n) is 11.6. The molecule has 3 heteroatoms. The molecule has 0 aliphatic rings. The van der Waals surface area contributed by atoms with Crippen molar-refractivity contribution in [3.05, 3.63) is 12.7 Å². The molecule has 100 valence electrons. The maximum Gasteiger partial charge on any atom is 0.176 e. The van der Waals surface area contributed by atoms with E-state index in [4.69, 9.17) is 4.74 Å². The van der Waals surface area contributed by atoms with Crippen molar-refractivity contribution < 1.29 is 9.84 Å². The van der Waals surface area contributed by atoms with Gasteiger partial charge in [-0.25, -0.2) is 0 Å². The van der Waals surface area contributed by atoms with Crippen LogP contribution in [0.25, 0.3) is 0 Å². The second-order valence-electron chi connectivity index (χ2n) is 4.88. The third-order valence-electron chi connectivity index (χ3n) is 3.02. The Kier molecular flexibility index (Phi) is 8.09. The Bertz CT molecular complexity index is 240. The van der Waals surface area contributed by atoms with Gasteiger partial charge in [-0.05, 0) is 26.2 Å². The number of rotatable bonds is 9. The zero-order chi connectivity index (χ0) is 13.3. The summed E-state index contributed by atoms with van der Waals surface area (Å²) >= 11 is 0. The Morgan fingerprint density at radius 3 is 2.59 bits per heavy atom. The number of aliphatic imine (C=N–C) groups is 1. The van der Waals surface area contributed by atoms with Crippen LogP contribution in [0.1, 0.15) is 46.5 Å². The fourth-order valence-electron chi connectivity index (χ4n) is 1.83. The molecule has 0 rings (SSSR count). The van der Waals surface area contributed by atoms with E-state index >= 15 is 0 Å². The quantitative estimate of drug-likeness (QED) is 0.383. The average Bonchev–Trinajstić information content (AvgIpc) is 2.33. The molecular weight excluding hydrogens is 214 g/mol. The number of aliphatic hydroxyl groups is 1. The van der Waals surface area contributed by atoms with E-state index in [9.17, 15) is 5.11 Å². The van der Waals surface area contributed by atoms with Crippen LogP contribution < -0.4 is 0 Å². The van der Waals surface area contributed by atoms with E-state index in [1.165, 1.54) is 7.11 Å². The molecule has 0 saturated carbocycles. The van der Waals surface area contributed by atoms with Crippen LogP contribution in [0, 0.1) is 5.41 Å². The number of methoxy groups -OCH3 is 1. The molecule has 0 amide bonds. The van der Waals surface area contributed by atoms with Crippen LogP contribution in [0.4, 0.5) is 0 Å². The number of aliphatic hydroxyl groups excluding tert-OH is 1. The van der Waals surface area contributed by atoms with Crippen LogP contribution in [-0.4, -0.2) is 30.8 Å². The molecule has 3 nitrogen and oxygen atoms in total. The lowest BCUT2D eigenvalue weighted by Gasteiger charge is -2.25. The number of nitrogens with zero attached hydrogens (tertiary/aromatic N) is 1. The Balaban J connectivity index is 4.50. The molecule has 0 saturated heterocycles. The molecule has 0 aliphatic carbocycles. The van der Waals surface area contributed by atoms with E-state index in [0.29, 0.717) is 0 Å². The Morgan fingerprint density at radius 2 is 2.12 bits per heavy atom. The van der Waals surface area contributed by atoms with Crippen molar-refractivity contribution in [2.24, 2.45) is 10.4 Å². The molecule has 3 atom stereocenters. The van der Waals surface area contributed by atoms with Crippen molar-refractivity contribution in [1.82, 2.24) is 0 Å². The van der Waals surface area contributed by atoms with Gasteiger partial charge >= 0.3 is 0 Å². The maximum absolute atomic E-state index is 9.48. The molecule has 0 aromatic heterocycles. The lowest BCUT2D eigenvalue weighted by atomic mass is 9.82. The fourth-order valence-corrected chi connectivity index (χ4v) is 1.83. The highest BCUT2D eigenvalue weighted by atomic mass is 16.6. The minimum atomic E-state index is -0.823. The minimum Gasteiger partial charge on any atom is -0.366 e. The molecule has 0 aromatic rings. The summed E-state index contributed by atoms with van der Waals surface area (Å²) in [6.45, 7) is 9.99. The Morgan fingerprint density at radius 1 is 1.47 bits per heavy atom. The second-order valence-corrected chi connectivity index (χ2v) is 4.88. The molecule has 0 aromatic carbocycles. The highest BCUT2D eigenvalue weighted by Gasteiger charge is 2.21. The fraction of sp³-hybridized carbons (Fsp3) is 0.786. The van der Waals surface area contributed by atoms with Gasteiger partial charge in [-0.3, -0.25) is 4.99 Å². The highest BCUT2D eigenvalue weighted by molar-refractivity contribution is 5.65. The third-order valence-corrected chi connectivity index (χ3v) is 3.02. The summed E-state index contributed by atoms with van der Waals surface area (Å²) in [6.07, 6.45) is 7.35. The first-order valence-corrected chi connectivity index (χ1v) is 6.35. The van der Waals surface area contributed by atoms with Gasteiger partial charge in [0.25, 0.3) is 0 Å². The summed E-state index contributed by atoms with van der Waals surface area (Å²) in [6, 6.07) is -0.222. The number of hydrogen-bond donors (Lipinski definition) is 1. The predicted octanol–water partition coefficient (Wildman–Crippen LogP) is 3.18. The van der Waals surface area contributed by atoms with Gasteiger partial charge in [0, 0.05) is 18.7 Å². The van der Waals surface area contributed by atoms with Crippen molar-refractivity contribution in [1.29, 1.82) is 0 Å². The van der Waals surface area contributed by atoms with E-state index in [1.807, 2.05) is 19.2 Å². The Hall–Kier alpha value is -0.670. The highest BCUT2D eigenvalue weighted by Crippen LogP contribution is 2.27. The number of hydrogen-bond acceptors (Lipinski definition) is 3. The monoisotopic (exact) mass is 241 g/mol. The van der Waals surface area contributed by atoms with Crippen molar-refractivity contribution in [2.45, 2.75) is 58.8 Å². The first-order chi connectivity index (χ1) is 7.99. The van der Waals surface area contributed by atoms with Crippen LogP contribution in [0.3, 0.4) is 0 Å². The van der Waals surface area contributed by atoms with Crippen LogP contribution in [0.15, 0.2) is 17.6 Å². The van der Waals surface area contributed by atoms with Gasteiger partial charge in [0.2, 0.25) is 0 Å². The summed E-state index contributed by atoms with van der Waals surface area (Å²) in [7, 11) is 1.49. The topological polar surface area (TPSA) is 41.8 Å². The maximum atomic E-state index is 9.48. The summed E-state index contributed by atoms with van der Waals surface area (Å²) in [4.78, 5) is 4.40. The average molecular weight is 241 g/mol. The molecule has 1 N–H and O–H groups in total.